The van der Waals surface area contributed by atoms with E-state index in [0.717, 1.165) is 6.07 Å². The molecule has 9 heteroatoms. The maximum Gasteiger partial charge on any atom is 0.418 e. The Balaban J connectivity index is 1.82. The van der Waals surface area contributed by atoms with E-state index in [1.807, 2.05) is 16.7 Å². The van der Waals surface area contributed by atoms with Crippen LogP contribution in [0.5, 0.6) is 0 Å². The predicted molar refractivity (Wildman–Crippen MR) is 91.6 cm³/mol. The fraction of sp³-hybridized carbons (Fsp3) is 0.529. The predicted octanol–water partition coefficient (Wildman–Crippen LogP) is 1.40. The van der Waals surface area contributed by atoms with E-state index in [9.17, 15) is 22.8 Å². The third-order valence-corrected chi connectivity index (χ3v) is 4.08. The molecule has 1 saturated heterocycles. The van der Waals surface area contributed by atoms with E-state index in [4.69, 9.17) is 0 Å². The van der Waals surface area contributed by atoms with Gasteiger partial charge in [0.05, 0.1) is 24.3 Å². The number of alkyl halides is 3. The number of nitrogens with one attached hydrogen (secondary N) is 2. The second kappa shape index (κ2) is 9.00. The number of nitrogens with zero attached hydrogens (tertiary/aromatic N) is 2. The second-order valence-corrected chi connectivity index (χ2v) is 6.10. The Labute approximate surface area is 150 Å². The molecule has 0 aliphatic carbocycles. The summed E-state index contributed by atoms with van der Waals surface area (Å²) < 4.78 is 38.9. The fourth-order valence-electron chi connectivity index (χ4n) is 2.79. The molecule has 0 aromatic heterocycles. The molecule has 0 saturated carbocycles. The van der Waals surface area contributed by atoms with Crippen LogP contribution in [0.1, 0.15) is 12.5 Å². The zero-order chi connectivity index (χ0) is 19.2. The third kappa shape index (κ3) is 5.99. The number of rotatable bonds is 6. The topological polar surface area (TPSA) is 64.7 Å². The van der Waals surface area contributed by atoms with Crippen molar-refractivity contribution in [3.05, 3.63) is 29.8 Å². The van der Waals surface area contributed by atoms with Crippen LogP contribution in [0, 0.1) is 0 Å². The van der Waals surface area contributed by atoms with Gasteiger partial charge in [-0.2, -0.15) is 13.2 Å². The smallest absolute Gasteiger partial charge is 0.355 e. The quantitative estimate of drug-likeness (QED) is 0.792. The molecule has 0 unspecified atom stereocenters. The first-order valence-corrected chi connectivity index (χ1v) is 8.47. The first-order valence-electron chi connectivity index (χ1n) is 8.47. The number of hydrogen-bond donors (Lipinski definition) is 2. The van der Waals surface area contributed by atoms with Crippen LogP contribution in [-0.2, 0) is 15.8 Å². The van der Waals surface area contributed by atoms with Gasteiger partial charge in [-0.05, 0) is 19.1 Å². The van der Waals surface area contributed by atoms with Gasteiger partial charge in [0.25, 0.3) is 0 Å². The molecule has 6 nitrogen and oxygen atoms in total. The second-order valence-electron chi connectivity index (χ2n) is 6.10. The van der Waals surface area contributed by atoms with Gasteiger partial charge < -0.3 is 10.6 Å². The average Bonchev–Trinajstić information content (AvgIpc) is 2.56. The van der Waals surface area contributed by atoms with Gasteiger partial charge in [0, 0.05) is 32.7 Å². The van der Waals surface area contributed by atoms with E-state index < -0.39 is 17.6 Å². The summed E-state index contributed by atoms with van der Waals surface area (Å²) in [5.41, 5.74) is -1.10. The molecule has 0 bridgehead atoms. The van der Waals surface area contributed by atoms with E-state index in [-0.39, 0.29) is 18.1 Å². The largest absolute Gasteiger partial charge is 0.418 e. The summed E-state index contributed by atoms with van der Waals surface area (Å²) in [6.07, 6.45) is -4.52. The first-order chi connectivity index (χ1) is 12.3. The highest BCUT2D eigenvalue weighted by atomic mass is 19.4. The number of benzene rings is 1. The van der Waals surface area contributed by atoms with Crippen molar-refractivity contribution in [2.75, 3.05) is 51.1 Å². The SMILES string of the molecule is CCNC(=O)CN1CCN(CC(=O)Nc2ccccc2C(F)(F)F)CC1. The number of carbonyl (C=O) groups is 2. The number of piperazine rings is 1. The summed E-state index contributed by atoms with van der Waals surface area (Å²) in [4.78, 5) is 27.5. The van der Waals surface area contributed by atoms with Gasteiger partial charge in [0.2, 0.25) is 11.8 Å². The van der Waals surface area contributed by atoms with Crippen LogP contribution >= 0.6 is 0 Å². The lowest BCUT2D eigenvalue weighted by Gasteiger charge is -2.33. The summed E-state index contributed by atoms with van der Waals surface area (Å²) in [5.74, 6) is -0.527. The van der Waals surface area contributed by atoms with Crippen LogP contribution in [0.25, 0.3) is 0 Å². The lowest BCUT2D eigenvalue weighted by Crippen LogP contribution is -2.51. The monoisotopic (exact) mass is 372 g/mol. The molecule has 1 aromatic rings. The molecule has 144 valence electrons. The van der Waals surface area contributed by atoms with Crippen LogP contribution in [-0.4, -0.2) is 67.4 Å². The van der Waals surface area contributed by atoms with Gasteiger partial charge in [0.15, 0.2) is 0 Å². The maximum atomic E-state index is 13.0. The minimum atomic E-state index is -4.52. The summed E-state index contributed by atoms with van der Waals surface area (Å²) in [5, 5.41) is 5.08. The van der Waals surface area contributed by atoms with Gasteiger partial charge in [-0.1, -0.05) is 12.1 Å². The number of hydrogen-bond acceptors (Lipinski definition) is 4. The highest BCUT2D eigenvalue weighted by Crippen LogP contribution is 2.34. The molecule has 0 spiro atoms. The molecule has 26 heavy (non-hydrogen) atoms. The number of carbonyl (C=O) groups excluding carboxylic acids is 2. The molecule has 0 atom stereocenters. The molecule has 1 fully saturated rings. The number of para-hydroxylation sites is 1. The van der Waals surface area contributed by atoms with Gasteiger partial charge in [-0.25, -0.2) is 0 Å². The molecule has 0 radical (unpaired) electrons. The fourth-order valence-corrected chi connectivity index (χ4v) is 2.79. The van der Waals surface area contributed by atoms with Crippen molar-refractivity contribution in [2.45, 2.75) is 13.1 Å². The Morgan fingerprint density at radius 2 is 1.54 bits per heavy atom. The van der Waals surface area contributed by atoms with Gasteiger partial charge in [-0.3, -0.25) is 19.4 Å². The zero-order valence-corrected chi connectivity index (χ0v) is 14.6. The van der Waals surface area contributed by atoms with Crippen molar-refractivity contribution < 1.29 is 22.8 Å². The molecule has 1 aliphatic rings. The lowest BCUT2D eigenvalue weighted by atomic mass is 10.1. The number of halogens is 3. The average molecular weight is 372 g/mol. The normalized spacial score (nSPS) is 16.3. The molecule has 2 rings (SSSR count). The molecule has 2 N–H and O–H groups in total. The number of likely N-dealkylation sites (N-methyl/N-ethyl adjacent to an activating group) is 1. The molecule has 1 heterocycles. The van der Waals surface area contributed by atoms with Crippen molar-refractivity contribution in [2.24, 2.45) is 0 Å². The van der Waals surface area contributed by atoms with Crippen molar-refractivity contribution >= 4 is 17.5 Å². The minimum Gasteiger partial charge on any atom is -0.355 e. The van der Waals surface area contributed by atoms with Crippen molar-refractivity contribution in [3.8, 4) is 0 Å². The zero-order valence-electron chi connectivity index (χ0n) is 14.6. The van der Waals surface area contributed by atoms with Gasteiger partial charge in [-0.15, -0.1) is 0 Å². The van der Waals surface area contributed by atoms with Crippen LogP contribution in [0.15, 0.2) is 24.3 Å². The molecule has 2 amide bonds. The summed E-state index contributed by atoms with van der Waals surface area (Å²) in [7, 11) is 0. The molecular formula is C17H23F3N4O2. The Morgan fingerprint density at radius 1 is 1.00 bits per heavy atom. The van der Waals surface area contributed by atoms with Gasteiger partial charge >= 0.3 is 6.18 Å². The van der Waals surface area contributed by atoms with Crippen molar-refractivity contribution in [1.82, 2.24) is 15.1 Å². The van der Waals surface area contributed by atoms with Crippen LogP contribution in [0.2, 0.25) is 0 Å². The molecular weight excluding hydrogens is 349 g/mol. The van der Waals surface area contributed by atoms with Crippen molar-refractivity contribution in [1.29, 1.82) is 0 Å². The Kier molecular flexibility index (Phi) is 6.98. The Morgan fingerprint density at radius 3 is 2.08 bits per heavy atom. The highest BCUT2D eigenvalue weighted by Gasteiger charge is 2.33. The van der Waals surface area contributed by atoms with E-state index in [1.165, 1.54) is 18.2 Å². The molecule has 1 aliphatic heterocycles. The minimum absolute atomic E-state index is 0.0151. The van der Waals surface area contributed by atoms with Crippen LogP contribution in [0.3, 0.4) is 0 Å². The lowest BCUT2D eigenvalue weighted by molar-refractivity contribution is -0.137. The summed E-state index contributed by atoms with van der Waals surface area (Å²) in [6, 6.07) is 4.91. The van der Waals surface area contributed by atoms with E-state index in [2.05, 4.69) is 10.6 Å². The van der Waals surface area contributed by atoms with E-state index >= 15 is 0 Å². The Bertz CT molecular complexity index is 629. The first kappa shape index (κ1) is 20.2. The van der Waals surface area contributed by atoms with Crippen LogP contribution in [0.4, 0.5) is 18.9 Å². The Hall–Kier alpha value is -2.13. The number of anilines is 1. The standard InChI is InChI=1S/C17H23F3N4O2/c1-2-21-15(25)11-23-7-9-24(10-8-23)12-16(26)22-14-6-4-3-5-13(14)17(18,19)20/h3-6H,2,7-12H2,1H3,(H,21,25)(H,22,26). The summed E-state index contributed by atoms with van der Waals surface area (Å²) in [6.45, 7) is 5.17. The maximum absolute atomic E-state index is 13.0. The highest BCUT2D eigenvalue weighted by molar-refractivity contribution is 5.93. The van der Waals surface area contributed by atoms with E-state index in [0.29, 0.717) is 39.3 Å². The third-order valence-electron chi connectivity index (χ3n) is 4.08. The van der Waals surface area contributed by atoms with Crippen molar-refractivity contribution in [3.63, 3.8) is 0 Å². The van der Waals surface area contributed by atoms with Gasteiger partial charge in [0.1, 0.15) is 0 Å². The molecule has 1 aromatic carbocycles. The number of amides is 2. The van der Waals surface area contributed by atoms with Crippen LogP contribution < -0.4 is 10.6 Å². The van der Waals surface area contributed by atoms with E-state index in [1.54, 1.807) is 0 Å². The summed E-state index contributed by atoms with van der Waals surface area (Å²) >= 11 is 0.